The van der Waals surface area contributed by atoms with E-state index < -0.39 is 11.4 Å². The Morgan fingerprint density at radius 1 is 1.21 bits per heavy atom. The summed E-state index contributed by atoms with van der Waals surface area (Å²) < 4.78 is 17.0. The second kappa shape index (κ2) is 10.0. The first kappa shape index (κ1) is 23.4. The van der Waals surface area contributed by atoms with Crippen LogP contribution in [-0.2, 0) is 10.2 Å². The predicted octanol–water partition coefficient (Wildman–Crippen LogP) is 5.16. The highest BCUT2D eigenvalue weighted by Gasteiger charge is 2.30. The molecule has 0 saturated heterocycles. The lowest BCUT2D eigenvalue weighted by Gasteiger charge is -2.24. The molecular formula is C27H28N2O5. The van der Waals surface area contributed by atoms with Crippen molar-refractivity contribution in [1.29, 1.82) is 0 Å². The van der Waals surface area contributed by atoms with E-state index in [2.05, 4.69) is 22.0 Å². The molecule has 0 bridgehead atoms. The third kappa shape index (κ3) is 5.40. The first-order valence-corrected chi connectivity index (χ1v) is 11.4. The van der Waals surface area contributed by atoms with E-state index in [9.17, 15) is 9.90 Å². The van der Waals surface area contributed by atoms with E-state index in [4.69, 9.17) is 14.0 Å². The standard InChI is InChI=1S/C27H28N2O5/c1-18-28-26(34-29-18)20-8-6-7-19(15-20)13-14-27(2,17-25(30)31)21-11-12-23(32-3)24(16-21)33-22-9-4-5-10-22/h6-8,11-12,15-16,22H,4-5,9-10,17H2,1-3H3,(H,30,31). The van der Waals surface area contributed by atoms with Crippen molar-refractivity contribution in [1.82, 2.24) is 10.1 Å². The molecule has 3 aromatic rings. The minimum absolute atomic E-state index is 0.150. The van der Waals surface area contributed by atoms with Gasteiger partial charge < -0.3 is 19.1 Å². The van der Waals surface area contributed by atoms with Crippen LogP contribution in [-0.4, -0.2) is 34.4 Å². The number of nitrogens with zero attached hydrogens (tertiary/aromatic N) is 2. The van der Waals surface area contributed by atoms with Gasteiger partial charge in [0.2, 0.25) is 0 Å². The van der Waals surface area contributed by atoms with Crippen molar-refractivity contribution < 1.29 is 23.9 Å². The topological polar surface area (TPSA) is 94.7 Å². The summed E-state index contributed by atoms with van der Waals surface area (Å²) in [6, 6.07) is 13.0. The first-order chi connectivity index (χ1) is 16.4. The molecule has 1 aromatic heterocycles. The molecule has 0 aliphatic heterocycles. The minimum Gasteiger partial charge on any atom is -0.493 e. The fourth-order valence-corrected chi connectivity index (χ4v) is 4.17. The van der Waals surface area contributed by atoms with Gasteiger partial charge in [0.05, 0.1) is 25.0 Å². The molecule has 7 nitrogen and oxygen atoms in total. The summed E-state index contributed by atoms with van der Waals surface area (Å²) in [6.45, 7) is 3.59. The predicted molar refractivity (Wildman–Crippen MR) is 127 cm³/mol. The summed E-state index contributed by atoms with van der Waals surface area (Å²) in [5.74, 6) is 7.65. The van der Waals surface area contributed by atoms with Crippen molar-refractivity contribution in [2.45, 2.75) is 57.5 Å². The SMILES string of the molecule is COc1ccc(C(C)(C#Cc2cccc(-c3nc(C)no3)c2)CC(=O)O)cc1OC1CCCC1. The Morgan fingerprint density at radius 2 is 2.00 bits per heavy atom. The Morgan fingerprint density at radius 3 is 2.68 bits per heavy atom. The number of aryl methyl sites for hydroxylation is 1. The molecule has 1 aliphatic carbocycles. The van der Waals surface area contributed by atoms with Gasteiger partial charge in [-0.25, -0.2) is 0 Å². The van der Waals surface area contributed by atoms with Crippen molar-refractivity contribution >= 4 is 5.97 Å². The number of hydrogen-bond donors (Lipinski definition) is 1. The summed E-state index contributed by atoms with van der Waals surface area (Å²) >= 11 is 0. The maximum atomic E-state index is 11.8. The van der Waals surface area contributed by atoms with Gasteiger partial charge in [0.1, 0.15) is 0 Å². The molecule has 0 radical (unpaired) electrons. The molecule has 1 saturated carbocycles. The van der Waals surface area contributed by atoms with Crippen molar-refractivity contribution in [3.63, 3.8) is 0 Å². The van der Waals surface area contributed by atoms with Crippen molar-refractivity contribution in [3.05, 3.63) is 59.4 Å². The third-order valence-electron chi connectivity index (χ3n) is 6.02. The van der Waals surface area contributed by atoms with E-state index in [1.807, 2.05) is 49.4 Å². The molecule has 4 rings (SSSR count). The summed E-state index contributed by atoms with van der Waals surface area (Å²) in [5, 5.41) is 13.5. The molecule has 34 heavy (non-hydrogen) atoms. The number of methoxy groups -OCH3 is 1. The number of carbonyl (C=O) groups is 1. The fraction of sp³-hybridized carbons (Fsp3) is 0.370. The van der Waals surface area contributed by atoms with Crippen LogP contribution in [0.25, 0.3) is 11.5 Å². The maximum absolute atomic E-state index is 11.8. The lowest BCUT2D eigenvalue weighted by molar-refractivity contribution is -0.137. The molecule has 7 heteroatoms. The van der Waals surface area contributed by atoms with E-state index in [1.165, 1.54) is 0 Å². The number of carboxylic acids is 1. The van der Waals surface area contributed by atoms with E-state index in [0.29, 0.717) is 23.2 Å². The lowest BCUT2D eigenvalue weighted by atomic mass is 9.79. The monoisotopic (exact) mass is 460 g/mol. The highest BCUT2D eigenvalue weighted by molar-refractivity contribution is 5.71. The average Bonchev–Trinajstić information content (AvgIpc) is 3.49. The van der Waals surface area contributed by atoms with Crippen LogP contribution in [0, 0.1) is 18.8 Å². The molecule has 1 unspecified atom stereocenters. The fourth-order valence-electron chi connectivity index (χ4n) is 4.17. The van der Waals surface area contributed by atoms with Gasteiger partial charge in [-0.1, -0.05) is 29.1 Å². The Balaban J connectivity index is 1.68. The second-order valence-corrected chi connectivity index (χ2v) is 8.77. The number of rotatable bonds is 7. The number of aromatic nitrogens is 2. The normalized spacial score (nSPS) is 15.3. The zero-order valence-corrected chi connectivity index (χ0v) is 19.6. The Bertz CT molecular complexity index is 1230. The van der Waals surface area contributed by atoms with E-state index >= 15 is 0 Å². The molecule has 1 heterocycles. The van der Waals surface area contributed by atoms with Gasteiger partial charge in [0.15, 0.2) is 17.3 Å². The van der Waals surface area contributed by atoms with E-state index in [-0.39, 0.29) is 12.5 Å². The van der Waals surface area contributed by atoms with Gasteiger partial charge in [0.25, 0.3) is 5.89 Å². The van der Waals surface area contributed by atoms with Crippen molar-refractivity contribution in [2.24, 2.45) is 0 Å². The molecule has 1 N–H and O–H groups in total. The van der Waals surface area contributed by atoms with Crippen LogP contribution in [0.5, 0.6) is 11.5 Å². The van der Waals surface area contributed by atoms with Crippen LogP contribution in [0.15, 0.2) is 47.0 Å². The van der Waals surface area contributed by atoms with Gasteiger partial charge in [-0.3, -0.25) is 4.79 Å². The molecule has 0 spiro atoms. The van der Waals surface area contributed by atoms with Gasteiger partial charge >= 0.3 is 5.97 Å². The quantitative estimate of drug-likeness (QED) is 0.487. The number of aliphatic carboxylic acids is 1. The second-order valence-electron chi connectivity index (χ2n) is 8.77. The van der Waals surface area contributed by atoms with Gasteiger partial charge in [-0.05, 0) is 75.4 Å². The zero-order valence-electron chi connectivity index (χ0n) is 19.6. The summed E-state index contributed by atoms with van der Waals surface area (Å²) in [4.78, 5) is 16.0. The smallest absolute Gasteiger partial charge is 0.305 e. The van der Waals surface area contributed by atoms with Gasteiger partial charge in [0, 0.05) is 11.1 Å². The highest BCUT2D eigenvalue weighted by Crippen LogP contribution is 2.37. The average molecular weight is 461 g/mol. The number of ether oxygens (including phenoxy) is 2. The van der Waals surface area contributed by atoms with Gasteiger partial charge in [-0.15, -0.1) is 0 Å². The number of carboxylic acid groups (broad SMARTS) is 1. The van der Waals surface area contributed by atoms with E-state index in [1.54, 1.807) is 14.0 Å². The number of benzene rings is 2. The Hall–Kier alpha value is -3.79. The van der Waals surface area contributed by atoms with Crippen LogP contribution >= 0.6 is 0 Å². The van der Waals surface area contributed by atoms with Crippen molar-refractivity contribution in [2.75, 3.05) is 7.11 Å². The summed E-state index contributed by atoms with van der Waals surface area (Å²) in [7, 11) is 1.60. The Kier molecular flexibility index (Phi) is 6.87. The third-order valence-corrected chi connectivity index (χ3v) is 6.02. The minimum atomic E-state index is -0.941. The largest absolute Gasteiger partial charge is 0.493 e. The molecular weight excluding hydrogens is 432 g/mol. The Labute approximate surface area is 199 Å². The highest BCUT2D eigenvalue weighted by atomic mass is 16.5. The molecule has 1 fully saturated rings. The maximum Gasteiger partial charge on any atom is 0.305 e. The summed E-state index contributed by atoms with van der Waals surface area (Å²) in [6.07, 6.45) is 4.31. The number of hydrogen-bond acceptors (Lipinski definition) is 6. The van der Waals surface area contributed by atoms with Crippen LogP contribution in [0.4, 0.5) is 0 Å². The van der Waals surface area contributed by atoms with Crippen LogP contribution in [0.1, 0.15) is 56.0 Å². The van der Waals surface area contributed by atoms with Crippen LogP contribution < -0.4 is 9.47 Å². The van der Waals surface area contributed by atoms with Crippen LogP contribution in [0.2, 0.25) is 0 Å². The van der Waals surface area contributed by atoms with Crippen molar-refractivity contribution in [3.8, 4) is 34.8 Å². The lowest BCUT2D eigenvalue weighted by Crippen LogP contribution is -2.24. The molecule has 1 atom stereocenters. The molecule has 2 aromatic carbocycles. The van der Waals surface area contributed by atoms with E-state index in [0.717, 1.165) is 42.4 Å². The molecule has 1 aliphatic rings. The zero-order chi connectivity index (χ0) is 24.1. The molecule has 176 valence electrons. The summed E-state index contributed by atoms with van der Waals surface area (Å²) in [5.41, 5.74) is 1.30. The van der Waals surface area contributed by atoms with Crippen LogP contribution in [0.3, 0.4) is 0 Å². The first-order valence-electron chi connectivity index (χ1n) is 11.4. The molecule has 0 amide bonds. The van der Waals surface area contributed by atoms with Gasteiger partial charge in [-0.2, -0.15) is 4.98 Å².